The van der Waals surface area contributed by atoms with Crippen molar-refractivity contribution in [2.45, 2.75) is 6.92 Å². The average Bonchev–Trinajstić information content (AvgIpc) is 3.20. The van der Waals surface area contributed by atoms with Crippen molar-refractivity contribution < 1.29 is 14.1 Å². The number of ether oxygens (including phenoxy) is 1. The van der Waals surface area contributed by atoms with Gasteiger partial charge in [-0.3, -0.25) is 4.79 Å². The van der Waals surface area contributed by atoms with E-state index in [2.05, 4.69) is 15.1 Å². The molecule has 8 heteroatoms. The van der Waals surface area contributed by atoms with Gasteiger partial charge in [-0.2, -0.15) is 0 Å². The van der Waals surface area contributed by atoms with Crippen molar-refractivity contribution in [1.82, 2.24) is 15.1 Å². The molecule has 0 spiro atoms. The van der Waals surface area contributed by atoms with Gasteiger partial charge in [0.05, 0.1) is 29.1 Å². The predicted molar refractivity (Wildman–Crippen MR) is 114 cm³/mol. The van der Waals surface area contributed by atoms with Crippen molar-refractivity contribution in [2.75, 3.05) is 12.0 Å². The third kappa shape index (κ3) is 3.62. The summed E-state index contributed by atoms with van der Waals surface area (Å²) in [5, 5.41) is 4.67. The maximum atomic E-state index is 12.6. The van der Waals surface area contributed by atoms with E-state index in [1.165, 1.54) is 18.2 Å². The molecule has 30 heavy (non-hydrogen) atoms. The van der Waals surface area contributed by atoms with E-state index >= 15 is 0 Å². The molecule has 0 bridgehead atoms. The van der Waals surface area contributed by atoms with E-state index in [1.54, 1.807) is 43.6 Å². The topological polar surface area (TPSA) is 81.4 Å². The Balaban J connectivity index is 1.95. The number of anilines is 2. The molecule has 2 heterocycles. The molecule has 4 aromatic rings. The minimum absolute atomic E-state index is 0.222. The van der Waals surface area contributed by atoms with Crippen molar-refractivity contribution in [3.63, 3.8) is 0 Å². The van der Waals surface area contributed by atoms with Gasteiger partial charge in [0.2, 0.25) is 11.8 Å². The number of methoxy groups -OCH3 is 1. The fourth-order valence-electron chi connectivity index (χ4n) is 3.10. The number of rotatable bonds is 5. The first-order chi connectivity index (χ1) is 14.6. The van der Waals surface area contributed by atoms with Crippen molar-refractivity contribution in [2.24, 2.45) is 0 Å². The Morgan fingerprint density at radius 1 is 1.10 bits per heavy atom. The zero-order chi connectivity index (χ0) is 21.1. The Labute approximate surface area is 177 Å². The first-order valence-corrected chi connectivity index (χ1v) is 9.43. The number of halogens is 1. The highest BCUT2D eigenvalue weighted by atomic mass is 35.5. The molecule has 0 aliphatic rings. The van der Waals surface area contributed by atoms with Crippen LogP contribution in [0.5, 0.6) is 5.75 Å². The molecule has 2 aromatic carbocycles. The standard InChI is InChI=1S/C22H17ClN4O3/c1-14(28)27(19-6-4-3-5-17(19)23)22-20(18-11-12-24-13-25-18)21(26-30-22)15-7-9-16(29-2)10-8-15/h3-13H,1-2H3. The lowest BCUT2D eigenvalue weighted by molar-refractivity contribution is -0.116. The second kappa shape index (κ2) is 8.34. The Morgan fingerprint density at radius 2 is 1.87 bits per heavy atom. The molecular weight excluding hydrogens is 404 g/mol. The molecule has 0 saturated carbocycles. The van der Waals surface area contributed by atoms with E-state index in [4.69, 9.17) is 20.9 Å². The molecule has 0 saturated heterocycles. The lowest BCUT2D eigenvalue weighted by atomic mass is 10.0. The van der Waals surface area contributed by atoms with Gasteiger partial charge < -0.3 is 9.26 Å². The van der Waals surface area contributed by atoms with Gasteiger partial charge in [-0.1, -0.05) is 28.9 Å². The third-order valence-corrected chi connectivity index (χ3v) is 4.81. The molecule has 0 unspecified atom stereocenters. The number of carbonyl (C=O) groups excluding carboxylic acids is 1. The van der Waals surface area contributed by atoms with E-state index < -0.39 is 0 Å². The normalized spacial score (nSPS) is 10.6. The molecule has 4 rings (SSSR count). The quantitative estimate of drug-likeness (QED) is 0.444. The van der Waals surface area contributed by atoms with Crippen LogP contribution in [0.2, 0.25) is 5.02 Å². The number of amides is 1. The van der Waals surface area contributed by atoms with Crippen LogP contribution in [0.3, 0.4) is 0 Å². The van der Waals surface area contributed by atoms with Crippen molar-refractivity contribution in [1.29, 1.82) is 0 Å². The predicted octanol–water partition coefficient (Wildman–Crippen LogP) is 5.15. The summed E-state index contributed by atoms with van der Waals surface area (Å²) in [6, 6.07) is 16.1. The Bertz CT molecular complexity index is 1180. The number of hydrogen-bond donors (Lipinski definition) is 0. The van der Waals surface area contributed by atoms with Crippen LogP contribution >= 0.6 is 11.6 Å². The van der Waals surface area contributed by atoms with Crippen molar-refractivity contribution in [3.05, 3.63) is 72.1 Å². The third-order valence-electron chi connectivity index (χ3n) is 4.49. The highest BCUT2D eigenvalue weighted by Crippen LogP contribution is 2.43. The van der Waals surface area contributed by atoms with Gasteiger partial charge in [-0.15, -0.1) is 0 Å². The van der Waals surface area contributed by atoms with Gasteiger partial charge in [0, 0.05) is 18.7 Å². The van der Waals surface area contributed by atoms with Gasteiger partial charge in [-0.05, 0) is 42.5 Å². The summed E-state index contributed by atoms with van der Waals surface area (Å²) in [6.07, 6.45) is 3.04. The molecule has 1 amide bonds. The second-order valence-corrected chi connectivity index (χ2v) is 6.75. The van der Waals surface area contributed by atoms with Gasteiger partial charge in [0.15, 0.2) is 0 Å². The fourth-order valence-corrected chi connectivity index (χ4v) is 3.32. The highest BCUT2D eigenvalue weighted by Gasteiger charge is 2.29. The molecule has 2 aromatic heterocycles. The summed E-state index contributed by atoms with van der Waals surface area (Å²) < 4.78 is 10.9. The number of para-hydroxylation sites is 1. The van der Waals surface area contributed by atoms with E-state index in [1.807, 2.05) is 24.3 Å². The van der Waals surface area contributed by atoms with Crippen molar-refractivity contribution >= 4 is 29.1 Å². The molecule has 0 aliphatic heterocycles. The lowest BCUT2D eigenvalue weighted by Gasteiger charge is -2.20. The maximum Gasteiger partial charge on any atom is 0.248 e. The zero-order valence-electron chi connectivity index (χ0n) is 16.2. The van der Waals surface area contributed by atoms with Crippen LogP contribution in [0, 0.1) is 0 Å². The van der Waals surface area contributed by atoms with Gasteiger partial charge in [0.25, 0.3) is 0 Å². The molecule has 0 atom stereocenters. The minimum atomic E-state index is -0.282. The lowest BCUT2D eigenvalue weighted by Crippen LogP contribution is -2.23. The molecule has 7 nitrogen and oxygen atoms in total. The summed E-state index contributed by atoms with van der Waals surface area (Å²) >= 11 is 6.37. The number of nitrogens with zero attached hydrogens (tertiary/aromatic N) is 4. The van der Waals surface area contributed by atoms with Crippen LogP contribution < -0.4 is 9.64 Å². The van der Waals surface area contributed by atoms with Gasteiger partial charge >= 0.3 is 0 Å². The molecule has 0 radical (unpaired) electrons. The summed E-state index contributed by atoms with van der Waals surface area (Å²) in [5.74, 6) is 0.656. The Morgan fingerprint density at radius 3 is 2.50 bits per heavy atom. The first-order valence-electron chi connectivity index (χ1n) is 9.06. The smallest absolute Gasteiger partial charge is 0.248 e. The van der Waals surface area contributed by atoms with Crippen LogP contribution in [0.1, 0.15) is 6.92 Å². The van der Waals surface area contributed by atoms with Crippen LogP contribution in [-0.4, -0.2) is 28.1 Å². The van der Waals surface area contributed by atoms with Crippen LogP contribution in [0.15, 0.2) is 71.6 Å². The van der Waals surface area contributed by atoms with Crippen LogP contribution in [0.25, 0.3) is 22.5 Å². The first kappa shape index (κ1) is 19.6. The number of benzene rings is 2. The number of carbonyl (C=O) groups is 1. The average molecular weight is 421 g/mol. The monoisotopic (exact) mass is 420 g/mol. The Hall–Kier alpha value is -3.71. The van der Waals surface area contributed by atoms with E-state index in [0.29, 0.717) is 33.4 Å². The molecular formula is C22H17ClN4O3. The van der Waals surface area contributed by atoms with E-state index in [-0.39, 0.29) is 11.8 Å². The summed E-state index contributed by atoms with van der Waals surface area (Å²) in [7, 11) is 1.60. The van der Waals surface area contributed by atoms with E-state index in [0.717, 1.165) is 5.56 Å². The summed E-state index contributed by atoms with van der Waals surface area (Å²) in [5.41, 5.74) is 2.91. The molecule has 0 aliphatic carbocycles. The van der Waals surface area contributed by atoms with Gasteiger partial charge in [-0.25, -0.2) is 14.9 Å². The zero-order valence-corrected chi connectivity index (χ0v) is 17.0. The SMILES string of the molecule is COc1ccc(-c2noc(N(C(C)=O)c3ccccc3Cl)c2-c2ccncn2)cc1. The fraction of sp³-hybridized carbons (Fsp3) is 0.0909. The molecule has 0 N–H and O–H groups in total. The van der Waals surface area contributed by atoms with Gasteiger partial charge in [0.1, 0.15) is 17.8 Å². The van der Waals surface area contributed by atoms with Crippen molar-refractivity contribution in [3.8, 4) is 28.3 Å². The molecule has 0 fully saturated rings. The second-order valence-electron chi connectivity index (χ2n) is 6.34. The summed E-state index contributed by atoms with van der Waals surface area (Å²) in [4.78, 5) is 22.4. The van der Waals surface area contributed by atoms with Crippen LogP contribution in [-0.2, 0) is 4.79 Å². The minimum Gasteiger partial charge on any atom is -0.497 e. The largest absolute Gasteiger partial charge is 0.497 e. The van der Waals surface area contributed by atoms with Crippen LogP contribution in [0.4, 0.5) is 11.6 Å². The number of aromatic nitrogens is 3. The van der Waals surface area contributed by atoms with E-state index in [9.17, 15) is 4.79 Å². The Kier molecular flexibility index (Phi) is 5.45. The molecule has 150 valence electrons. The number of hydrogen-bond acceptors (Lipinski definition) is 6. The maximum absolute atomic E-state index is 12.6. The highest BCUT2D eigenvalue weighted by molar-refractivity contribution is 6.34. The summed E-state index contributed by atoms with van der Waals surface area (Å²) in [6.45, 7) is 1.43.